The number of carbonyl (C=O) groups is 1. The van der Waals surface area contributed by atoms with Gasteiger partial charge in [0.05, 0.1) is 19.0 Å². The van der Waals surface area contributed by atoms with Crippen molar-refractivity contribution in [1.82, 2.24) is 18.9 Å². The predicted molar refractivity (Wildman–Crippen MR) is 97.5 cm³/mol. The minimum atomic E-state index is -0.678. The normalized spacial score (nSPS) is 11.0. The molecule has 0 fully saturated rings. The molecule has 27 heavy (non-hydrogen) atoms. The lowest BCUT2D eigenvalue weighted by Gasteiger charge is -2.14. The van der Waals surface area contributed by atoms with Crippen LogP contribution in [0.4, 0.5) is 0 Å². The summed E-state index contributed by atoms with van der Waals surface area (Å²) in [6, 6.07) is 10.2. The minimum Gasteiger partial charge on any atom is -0.465 e. The first kappa shape index (κ1) is 16.6. The van der Waals surface area contributed by atoms with Crippen LogP contribution in [-0.4, -0.2) is 32.0 Å². The highest BCUT2D eigenvalue weighted by atomic mass is 16.5. The van der Waals surface area contributed by atoms with Gasteiger partial charge in [0.25, 0.3) is 5.56 Å². The topological polar surface area (TPSA) is 102 Å². The molecule has 0 aliphatic carbocycles. The monoisotopic (exact) mass is 361 g/mol. The maximum atomic E-state index is 13.0. The van der Waals surface area contributed by atoms with Crippen LogP contribution < -0.4 is 11.0 Å². The Morgan fingerprint density at radius 1 is 1.22 bits per heavy atom. The van der Waals surface area contributed by atoms with E-state index < -0.39 is 5.97 Å². The standard InChI is InChI=1S/C19H15N5O3/c1-27-19(26)13-10-14-17(22-15-4-2-3-9-23(15)18(14)25)24(16(13)20)11-12-5-7-21-8-6-12/h2-10,20H,11H2,1H3. The van der Waals surface area contributed by atoms with Gasteiger partial charge in [-0.1, -0.05) is 6.07 Å². The maximum Gasteiger partial charge on any atom is 0.341 e. The third kappa shape index (κ3) is 2.77. The Labute approximate surface area is 152 Å². The average molecular weight is 361 g/mol. The summed E-state index contributed by atoms with van der Waals surface area (Å²) in [6.45, 7) is 0.262. The van der Waals surface area contributed by atoms with Crippen LogP contribution in [0.5, 0.6) is 0 Å². The van der Waals surface area contributed by atoms with Crippen molar-refractivity contribution in [3.8, 4) is 0 Å². The van der Waals surface area contributed by atoms with Crippen LogP contribution in [0.3, 0.4) is 0 Å². The number of hydrogen-bond acceptors (Lipinski definition) is 6. The molecule has 0 unspecified atom stereocenters. The number of fused-ring (bicyclic) bond motifs is 2. The Balaban J connectivity index is 2.11. The third-order valence-electron chi connectivity index (χ3n) is 4.31. The maximum absolute atomic E-state index is 13.0. The molecule has 0 spiro atoms. The molecule has 4 rings (SSSR count). The van der Waals surface area contributed by atoms with E-state index in [1.165, 1.54) is 22.1 Å². The Bertz CT molecular complexity index is 1290. The first-order chi connectivity index (χ1) is 13.1. The Morgan fingerprint density at radius 3 is 2.74 bits per heavy atom. The van der Waals surface area contributed by atoms with E-state index >= 15 is 0 Å². The van der Waals surface area contributed by atoms with E-state index in [2.05, 4.69) is 9.97 Å². The molecule has 0 atom stereocenters. The lowest BCUT2D eigenvalue weighted by Crippen LogP contribution is -2.31. The summed E-state index contributed by atoms with van der Waals surface area (Å²) in [5.74, 6) is -0.678. The van der Waals surface area contributed by atoms with Crippen LogP contribution in [0, 0.1) is 5.41 Å². The number of methoxy groups -OCH3 is 1. The summed E-state index contributed by atoms with van der Waals surface area (Å²) in [4.78, 5) is 33.7. The minimum absolute atomic E-state index is 0.00818. The van der Waals surface area contributed by atoms with E-state index in [0.717, 1.165) is 5.56 Å². The number of aromatic nitrogens is 4. The van der Waals surface area contributed by atoms with Crippen LogP contribution in [0.2, 0.25) is 0 Å². The van der Waals surface area contributed by atoms with E-state index in [4.69, 9.17) is 10.1 Å². The average Bonchev–Trinajstić information content (AvgIpc) is 2.70. The molecule has 0 bridgehead atoms. The molecule has 8 nitrogen and oxygen atoms in total. The largest absolute Gasteiger partial charge is 0.465 e. The summed E-state index contributed by atoms with van der Waals surface area (Å²) in [7, 11) is 1.24. The third-order valence-corrected chi connectivity index (χ3v) is 4.31. The van der Waals surface area contributed by atoms with Crippen LogP contribution in [0.25, 0.3) is 16.7 Å². The first-order valence-electron chi connectivity index (χ1n) is 8.17. The van der Waals surface area contributed by atoms with Gasteiger partial charge >= 0.3 is 5.97 Å². The van der Waals surface area contributed by atoms with Crippen LogP contribution in [-0.2, 0) is 11.3 Å². The van der Waals surface area contributed by atoms with Crippen LogP contribution in [0.1, 0.15) is 15.9 Å². The van der Waals surface area contributed by atoms with E-state index in [1.54, 1.807) is 48.9 Å². The summed E-state index contributed by atoms with van der Waals surface area (Å²) < 4.78 is 7.73. The summed E-state index contributed by atoms with van der Waals surface area (Å²) in [6.07, 6.45) is 4.90. The van der Waals surface area contributed by atoms with Gasteiger partial charge in [-0.25, -0.2) is 9.78 Å². The van der Waals surface area contributed by atoms with Crippen molar-refractivity contribution in [3.05, 3.63) is 82.0 Å². The molecule has 8 heteroatoms. The van der Waals surface area contributed by atoms with E-state index in [1.807, 2.05) is 0 Å². The fourth-order valence-corrected chi connectivity index (χ4v) is 2.98. The van der Waals surface area contributed by atoms with Crippen molar-refractivity contribution in [2.45, 2.75) is 6.54 Å². The molecule has 0 aliphatic heterocycles. The molecule has 1 N–H and O–H groups in total. The lowest BCUT2D eigenvalue weighted by atomic mass is 10.2. The van der Waals surface area contributed by atoms with Gasteiger partial charge in [0.15, 0.2) is 0 Å². The van der Waals surface area contributed by atoms with Crippen molar-refractivity contribution in [1.29, 1.82) is 5.41 Å². The zero-order chi connectivity index (χ0) is 19.0. The van der Waals surface area contributed by atoms with Gasteiger partial charge in [0, 0.05) is 18.6 Å². The van der Waals surface area contributed by atoms with Gasteiger partial charge in [-0.2, -0.15) is 0 Å². The van der Waals surface area contributed by atoms with Gasteiger partial charge in [0.2, 0.25) is 0 Å². The van der Waals surface area contributed by atoms with Gasteiger partial charge in [-0.05, 0) is 35.9 Å². The SMILES string of the molecule is COC(=O)c1cc2c(=O)n3ccccc3nc2n(Cc2ccncc2)c1=N. The molecular formula is C19H15N5O3. The Hall–Kier alpha value is -3.81. The number of nitrogens with zero attached hydrogens (tertiary/aromatic N) is 4. The lowest BCUT2D eigenvalue weighted by molar-refractivity contribution is 0.0597. The summed E-state index contributed by atoms with van der Waals surface area (Å²) in [5.41, 5.74) is 1.28. The highest BCUT2D eigenvalue weighted by Gasteiger charge is 2.18. The first-order valence-corrected chi connectivity index (χ1v) is 8.17. The fourth-order valence-electron chi connectivity index (χ4n) is 2.98. The summed E-state index contributed by atoms with van der Waals surface area (Å²) >= 11 is 0. The molecule has 0 aromatic carbocycles. The second-order valence-electron chi connectivity index (χ2n) is 5.92. The number of nitrogens with one attached hydrogen (secondary N) is 1. The molecule has 0 aliphatic rings. The highest BCUT2D eigenvalue weighted by molar-refractivity contribution is 5.93. The number of ether oxygens (including phenoxy) is 1. The Morgan fingerprint density at radius 2 is 2.00 bits per heavy atom. The molecule has 4 heterocycles. The van der Waals surface area contributed by atoms with Crippen LogP contribution in [0.15, 0.2) is 59.8 Å². The zero-order valence-corrected chi connectivity index (χ0v) is 14.4. The number of rotatable bonds is 3. The van der Waals surface area contributed by atoms with Crippen molar-refractivity contribution in [2.24, 2.45) is 0 Å². The molecule has 0 saturated heterocycles. The number of hydrogen-bond donors (Lipinski definition) is 1. The number of esters is 1. The molecule has 0 amide bonds. The van der Waals surface area contributed by atoms with E-state index in [-0.39, 0.29) is 28.5 Å². The van der Waals surface area contributed by atoms with Gasteiger partial charge in [0.1, 0.15) is 22.3 Å². The molecule has 4 aromatic rings. The van der Waals surface area contributed by atoms with E-state index in [0.29, 0.717) is 11.3 Å². The second kappa shape index (κ2) is 6.49. The van der Waals surface area contributed by atoms with E-state index in [9.17, 15) is 9.59 Å². The van der Waals surface area contributed by atoms with Gasteiger partial charge < -0.3 is 9.30 Å². The molecule has 0 saturated carbocycles. The van der Waals surface area contributed by atoms with Crippen molar-refractivity contribution < 1.29 is 9.53 Å². The van der Waals surface area contributed by atoms with Gasteiger partial charge in [-0.15, -0.1) is 0 Å². The second-order valence-corrected chi connectivity index (χ2v) is 5.92. The molecular weight excluding hydrogens is 346 g/mol. The smallest absolute Gasteiger partial charge is 0.341 e. The molecule has 0 radical (unpaired) electrons. The molecule has 4 aromatic heterocycles. The quantitative estimate of drug-likeness (QED) is 0.438. The molecule has 134 valence electrons. The van der Waals surface area contributed by atoms with Gasteiger partial charge in [-0.3, -0.25) is 19.6 Å². The number of pyridine rings is 3. The zero-order valence-electron chi connectivity index (χ0n) is 14.4. The Kier molecular flexibility index (Phi) is 4.00. The fraction of sp³-hybridized carbons (Fsp3) is 0.105. The van der Waals surface area contributed by atoms with Crippen molar-refractivity contribution in [2.75, 3.05) is 7.11 Å². The van der Waals surface area contributed by atoms with Crippen LogP contribution >= 0.6 is 0 Å². The summed E-state index contributed by atoms with van der Waals surface area (Å²) in [5, 5.41) is 8.73. The highest BCUT2D eigenvalue weighted by Crippen LogP contribution is 2.12. The van der Waals surface area contributed by atoms with Crippen molar-refractivity contribution in [3.63, 3.8) is 0 Å². The van der Waals surface area contributed by atoms with Crippen molar-refractivity contribution >= 4 is 22.6 Å². The number of carbonyl (C=O) groups excluding carboxylic acids is 1. The predicted octanol–water partition coefficient (Wildman–Crippen LogP) is 1.36.